The highest BCUT2D eigenvalue weighted by Gasteiger charge is 2.27. The molecule has 0 aromatic heterocycles. The van der Waals surface area contributed by atoms with Gasteiger partial charge in [-0.25, -0.2) is 0 Å². The van der Waals surface area contributed by atoms with Crippen LogP contribution in [0.15, 0.2) is 28.7 Å². The average Bonchev–Trinajstić information content (AvgIpc) is 3.18. The van der Waals surface area contributed by atoms with Gasteiger partial charge in [-0.05, 0) is 62.6 Å². The summed E-state index contributed by atoms with van der Waals surface area (Å²) >= 11 is 3.52. The molecule has 110 valence electrons. The largest absolute Gasteiger partial charge is 0.375 e. The minimum absolute atomic E-state index is 0.444. The van der Waals surface area contributed by atoms with Crippen LogP contribution in [-0.2, 0) is 4.74 Å². The SMILES string of the molecule is CC1CCC(CC(CNC2CC2)c2ccc(Br)cc2)O1. The molecule has 1 aliphatic heterocycles. The van der Waals surface area contributed by atoms with E-state index < -0.39 is 0 Å². The first-order chi connectivity index (χ1) is 9.70. The maximum atomic E-state index is 6.02. The van der Waals surface area contributed by atoms with Crippen molar-refractivity contribution in [1.82, 2.24) is 5.32 Å². The summed E-state index contributed by atoms with van der Waals surface area (Å²) in [6.07, 6.45) is 7.17. The third-order valence-electron chi connectivity index (χ3n) is 4.44. The molecule has 1 N–H and O–H groups in total. The van der Waals surface area contributed by atoms with Crippen LogP contribution in [0, 0.1) is 0 Å². The van der Waals surface area contributed by atoms with Crippen LogP contribution in [0.3, 0.4) is 0 Å². The van der Waals surface area contributed by atoms with E-state index in [1.165, 1.54) is 31.2 Å². The van der Waals surface area contributed by atoms with Crippen LogP contribution < -0.4 is 5.32 Å². The van der Waals surface area contributed by atoms with E-state index in [1.807, 2.05) is 0 Å². The molecule has 2 nitrogen and oxygen atoms in total. The van der Waals surface area contributed by atoms with Gasteiger partial charge < -0.3 is 10.1 Å². The molecule has 1 aliphatic carbocycles. The summed E-state index contributed by atoms with van der Waals surface area (Å²) in [4.78, 5) is 0. The van der Waals surface area contributed by atoms with Crippen molar-refractivity contribution >= 4 is 15.9 Å². The van der Waals surface area contributed by atoms with Crippen LogP contribution in [-0.4, -0.2) is 24.8 Å². The Hall–Kier alpha value is -0.380. The fourth-order valence-electron chi connectivity index (χ4n) is 3.04. The fourth-order valence-corrected chi connectivity index (χ4v) is 3.31. The van der Waals surface area contributed by atoms with E-state index in [0.29, 0.717) is 18.1 Å². The van der Waals surface area contributed by atoms with Gasteiger partial charge in [0.05, 0.1) is 12.2 Å². The Kier molecular flexibility index (Phi) is 4.79. The summed E-state index contributed by atoms with van der Waals surface area (Å²) in [5, 5.41) is 3.69. The van der Waals surface area contributed by atoms with E-state index in [1.54, 1.807) is 0 Å². The monoisotopic (exact) mass is 337 g/mol. The molecule has 1 heterocycles. The van der Waals surface area contributed by atoms with Crippen LogP contribution in [0.4, 0.5) is 0 Å². The molecule has 3 unspecified atom stereocenters. The normalized spacial score (nSPS) is 27.7. The highest BCUT2D eigenvalue weighted by Crippen LogP contribution is 2.30. The zero-order valence-electron chi connectivity index (χ0n) is 12.1. The van der Waals surface area contributed by atoms with Crippen LogP contribution in [0.5, 0.6) is 0 Å². The van der Waals surface area contributed by atoms with Crippen LogP contribution in [0.1, 0.15) is 50.5 Å². The summed E-state index contributed by atoms with van der Waals surface area (Å²) in [6.45, 7) is 3.28. The summed E-state index contributed by atoms with van der Waals surface area (Å²) in [5.41, 5.74) is 1.43. The molecule has 1 saturated heterocycles. The van der Waals surface area contributed by atoms with Crippen LogP contribution >= 0.6 is 15.9 Å². The van der Waals surface area contributed by atoms with Crippen molar-refractivity contribution in [2.75, 3.05) is 6.54 Å². The third-order valence-corrected chi connectivity index (χ3v) is 4.97. The smallest absolute Gasteiger partial charge is 0.0586 e. The summed E-state index contributed by atoms with van der Waals surface area (Å²) < 4.78 is 7.18. The molecule has 1 aromatic carbocycles. The van der Waals surface area contributed by atoms with Gasteiger partial charge in [0.15, 0.2) is 0 Å². The Morgan fingerprint density at radius 3 is 2.55 bits per heavy atom. The van der Waals surface area contributed by atoms with Gasteiger partial charge in [0.25, 0.3) is 0 Å². The van der Waals surface area contributed by atoms with E-state index in [2.05, 4.69) is 52.4 Å². The van der Waals surface area contributed by atoms with Crippen LogP contribution in [0.2, 0.25) is 0 Å². The molecule has 20 heavy (non-hydrogen) atoms. The Morgan fingerprint density at radius 1 is 1.20 bits per heavy atom. The minimum Gasteiger partial charge on any atom is -0.375 e. The first-order valence-electron chi connectivity index (χ1n) is 7.85. The number of nitrogens with one attached hydrogen (secondary N) is 1. The fraction of sp³-hybridized carbons (Fsp3) is 0.647. The van der Waals surface area contributed by atoms with E-state index in [9.17, 15) is 0 Å². The first kappa shape index (κ1) is 14.6. The van der Waals surface area contributed by atoms with Crippen LogP contribution in [0.25, 0.3) is 0 Å². The topological polar surface area (TPSA) is 21.3 Å². The molecule has 0 bridgehead atoms. The lowest BCUT2D eigenvalue weighted by Crippen LogP contribution is -2.26. The molecular formula is C17H24BrNO. The first-order valence-corrected chi connectivity index (χ1v) is 8.64. The molecule has 2 aliphatic rings. The van der Waals surface area contributed by atoms with Gasteiger partial charge in [-0.15, -0.1) is 0 Å². The molecule has 3 heteroatoms. The van der Waals surface area contributed by atoms with Gasteiger partial charge in [-0.1, -0.05) is 28.1 Å². The van der Waals surface area contributed by atoms with E-state index >= 15 is 0 Å². The third kappa shape index (κ3) is 4.06. The van der Waals surface area contributed by atoms with Gasteiger partial charge in [0.1, 0.15) is 0 Å². The predicted molar refractivity (Wildman–Crippen MR) is 86.1 cm³/mol. The van der Waals surface area contributed by atoms with Crippen molar-refractivity contribution in [3.63, 3.8) is 0 Å². The molecule has 0 amide bonds. The summed E-state index contributed by atoms with van der Waals surface area (Å²) in [6, 6.07) is 9.58. The van der Waals surface area contributed by atoms with Crippen molar-refractivity contribution < 1.29 is 4.74 Å². The molecule has 1 saturated carbocycles. The van der Waals surface area contributed by atoms with Gasteiger partial charge >= 0.3 is 0 Å². The average molecular weight is 338 g/mol. The van der Waals surface area contributed by atoms with Crippen molar-refractivity contribution in [3.05, 3.63) is 34.3 Å². The Bertz CT molecular complexity index is 429. The molecule has 3 rings (SSSR count). The lowest BCUT2D eigenvalue weighted by molar-refractivity contribution is 0.0465. The van der Waals surface area contributed by atoms with Crippen molar-refractivity contribution in [2.24, 2.45) is 0 Å². The molecular weight excluding hydrogens is 314 g/mol. The summed E-state index contributed by atoms with van der Waals surface area (Å²) in [7, 11) is 0. The number of hydrogen-bond acceptors (Lipinski definition) is 2. The van der Waals surface area contributed by atoms with Crippen molar-refractivity contribution in [1.29, 1.82) is 0 Å². The standard InChI is InChI=1S/C17H24BrNO/c1-12-2-9-17(20-12)10-14(11-19-16-7-8-16)13-3-5-15(18)6-4-13/h3-6,12,14,16-17,19H,2,7-11H2,1H3. The number of rotatable bonds is 6. The maximum Gasteiger partial charge on any atom is 0.0586 e. The van der Waals surface area contributed by atoms with E-state index in [-0.39, 0.29) is 0 Å². The second kappa shape index (κ2) is 6.59. The second-order valence-corrected chi connectivity index (χ2v) is 7.23. The summed E-state index contributed by atoms with van der Waals surface area (Å²) in [5.74, 6) is 0.569. The quantitative estimate of drug-likeness (QED) is 0.838. The van der Waals surface area contributed by atoms with Gasteiger partial charge in [0.2, 0.25) is 0 Å². The minimum atomic E-state index is 0.444. The number of halogens is 1. The number of hydrogen-bond donors (Lipinski definition) is 1. The van der Waals surface area contributed by atoms with Gasteiger partial charge in [0, 0.05) is 17.1 Å². The van der Waals surface area contributed by atoms with E-state index in [0.717, 1.165) is 23.5 Å². The molecule has 0 spiro atoms. The van der Waals surface area contributed by atoms with Gasteiger partial charge in [-0.2, -0.15) is 0 Å². The maximum absolute atomic E-state index is 6.02. The van der Waals surface area contributed by atoms with Crippen molar-refractivity contribution in [3.8, 4) is 0 Å². The highest BCUT2D eigenvalue weighted by atomic mass is 79.9. The zero-order chi connectivity index (χ0) is 13.9. The van der Waals surface area contributed by atoms with Gasteiger partial charge in [-0.3, -0.25) is 0 Å². The lowest BCUT2D eigenvalue weighted by atomic mass is 9.92. The predicted octanol–water partition coefficient (Wildman–Crippen LogP) is 4.24. The number of benzene rings is 1. The lowest BCUT2D eigenvalue weighted by Gasteiger charge is -2.22. The molecule has 0 radical (unpaired) electrons. The Labute approximate surface area is 130 Å². The Morgan fingerprint density at radius 2 is 1.95 bits per heavy atom. The Balaban J connectivity index is 1.63. The second-order valence-electron chi connectivity index (χ2n) is 6.31. The molecule has 1 aromatic rings. The molecule has 2 fully saturated rings. The number of ether oxygens (including phenoxy) is 1. The van der Waals surface area contributed by atoms with Crippen molar-refractivity contribution in [2.45, 2.75) is 63.2 Å². The highest BCUT2D eigenvalue weighted by molar-refractivity contribution is 9.10. The zero-order valence-corrected chi connectivity index (χ0v) is 13.7. The molecule has 3 atom stereocenters. The van der Waals surface area contributed by atoms with E-state index in [4.69, 9.17) is 4.74 Å².